The molecule has 0 bridgehead atoms. The Kier molecular flexibility index (Phi) is 7.49. The molecule has 2 aromatic heterocycles. The summed E-state index contributed by atoms with van der Waals surface area (Å²) >= 11 is 1.51. The first-order valence-electron chi connectivity index (χ1n) is 14.3. The minimum Gasteiger partial charge on any atom is -0.454 e. The molecule has 2 aliphatic heterocycles. The van der Waals surface area contributed by atoms with Gasteiger partial charge in [-0.2, -0.15) is 5.10 Å². The van der Waals surface area contributed by atoms with Crippen molar-refractivity contribution in [2.75, 3.05) is 24.0 Å². The number of carbonyl (C=O) groups excluding carboxylic acids is 2. The molecule has 3 aromatic carbocycles. The molecule has 2 amide bonds. The maximum absolute atomic E-state index is 14.0. The average Bonchev–Trinajstić information content (AvgIpc) is 3.66. The molecular weight excluding hydrogens is 574 g/mol. The summed E-state index contributed by atoms with van der Waals surface area (Å²) in [6, 6.07) is 29.3. The van der Waals surface area contributed by atoms with Gasteiger partial charge in [0, 0.05) is 17.3 Å². The highest BCUT2D eigenvalue weighted by molar-refractivity contribution is 8.00. The van der Waals surface area contributed by atoms with Crippen LogP contribution in [0.1, 0.15) is 27.6 Å². The number of nitrogens with one attached hydrogen (secondary N) is 1. The molecule has 1 atom stereocenters. The number of rotatable bonds is 7. The van der Waals surface area contributed by atoms with Crippen molar-refractivity contribution in [1.29, 1.82) is 0 Å². The summed E-state index contributed by atoms with van der Waals surface area (Å²) in [4.78, 5) is 33.3. The summed E-state index contributed by atoms with van der Waals surface area (Å²) < 4.78 is 13.1. The fourth-order valence-electron chi connectivity index (χ4n) is 5.50. The zero-order valence-electron chi connectivity index (χ0n) is 24.0. The molecule has 0 unspecified atom stereocenters. The molecule has 44 heavy (non-hydrogen) atoms. The van der Waals surface area contributed by atoms with Gasteiger partial charge in [-0.25, -0.2) is 4.68 Å². The normalized spacial score (nSPS) is 15.5. The second kappa shape index (κ2) is 11.9. The minimum absolute atomic E-state index is 0.168. The maximum Gasteiger partial charge on any atom is 0.240 e. The first-order valence-corrected chi connectivity index (χ1v) is 15.3. The molecule has 9 nitrogen and oxygen atoms in total. The van der Waals surface area contributed by atoms with Crippen LogP contribution in [0.5, 0.6) is 11.5 Å². The molecule has 7 rings (SSSR count). The van der Waals surface area contributed by atoms with E-state index in [9.17, 15) is 9.59 Å². The lowest BCUT2D eigenvalue weighted by molar-refractivity contribution is -0.123. The molecule has 0 aliphatic carbocycles. The Morgan fingerprint density at radius 1 is 0.977 bits per heavy atom. The molecule has 0 spiro atoms. The van der Waals surface area contributed by atoms with Gasteiger partial charge in [-0.3, -0.25) is 19.5 Å². The number of pyridine rings is 1. The van der Waals surface area contributed by atoms with E-state index in [0.717, 1.165) is 39.3 Å². The number of aryl methyl sites for hydroxylation is 1. The van der Waals surface area contributed by atoms with Crippen LogP contribution in [0, 0.1) is 6.92 Å². The van der Waals surface area contributed by atoms with E-state index >= 15 is 0 Å². The number of hydrogen-bond acceptors (Lipinski definition) is 7. The van der Waals surface area contributed by atoms with Crippen LogP contribution in [0.4, 0.5) is 5.82 Å². The Labute approximate surface area is 258 Å². The van der Waals surface area contributed by atoms with Crippen LogP contribution in [-0.2, 0) is 16.1 Å². The van der Waals surface area contributed by atoms with Crippen LogP contribution in [0.15, 0.2) is 97.2 Å². The largest absolute Gasteiger partial charge is 0.454 e. The van der Waals surface area contributed by atoms with Gasteiger partial charge in [0.1, 0.15) is 12.4 Å². The second-order valence-corrected chi connectivity index (χ2v) is 11.7. The second-order valence-electron chi connectivity index (χ2n) is 10.6. The number of aromatic nitrogens is 3. The van der Waals surface area contributed by atoms with E-state index in [1.54, 1.807) is 15.8 Å². The number of nitrogens with zero attached hydrogens (tertiary/aromatic N) is 4. The van der Waals surface area contributed by atoms with Crippen molar-refractivity contribution in [3.05, 3.63) is 120 Å². The molecule has 220 valence electrons. The van der Waals surface area contributed by atoms with Gasteiger partial charge in [-0.1, -0.05) is 54.6 Å². The number of benzene rings is 3. The van der Waals surface area contributed by atoms with Crippen LogP contribution in [0.2, 0.25) is 0 Å². The van der Waals surface area contributed by atoms with E-state index in [1.807, 2.05) is 97.9 Å². The van der Waals surface area contributed by atoms with Crippen LogP contribution in [-0.4, -0.2) is 45.7 Å². The van der Waals surface area contributed by atoms with Gasteiger partial charge < -0.3 is 14.8 Å². The van der Waals surface area contributed by atoms with E-state index < -0.39 is 0 Å². The molecule has 0 saturated carbocycles. The zero-order chi connectivity index (χ0) is 30.0. The standard InChI is InChI=1S/C34H29N5O4S/c1-22-8-7-12-26(16-22)39-34-31(32(37-39)23-9-3-2-4-10-23)33(24-13-14-27-28(17-24)43-21-42-27)44-20-30(41)38(34)19-29(40)36-18-25-11-5-6-15-35-25/h2-17,33H,18-21H2,1H3,(H,36,40)/t33-/m1/s1. The summed E-state index contributed by atoms with van der Waals surface area (Å²) in [7, 11) is 0. The van der Waals surface area contributed by atoms with Crippen molar-refractivity contribution in [3.63, 3.8) is 0 Å². The molecule has 10 heteroatoms. The van der Waals surface area contributed by atoms with Crippen LogP contribution in [0.3, 0.4) is 0 Å². The van der Waals surface area contributed by atoms with Gasteiger partial charge in [-0.15, -0.1) is 11.8 Å². The van der Waals surface area contributed by atoms with Gasteiger partial charge in [0.25, 0.3) is 0 Å². The molecule has 0 radical (unpaired) electrons. The third-order valence-corrected chi connectivity index (χ3v) is 8.83. The minimum atomic E-state index is -0.292. The number of hydrogen-bond donors (Lipinski definition) is 1. The highest BCUT2D eigenvalue weighted by Crippen LogP contribution is 2.50. The van der Waals surface area contributed by atoms with Gasteiger partial charge in [0.15, 0.2) is 11.5 Å². The summed E-state index contributed by atoms with van der Waals surface area (Å²) in [5.41, 5.74) is 6.04. The zero-order valence-corrected chi connectivity index (χ0v) is 24.8. The highest BCUT2D eigenvalue weighted by Gasteiger charge is 2.38. The topological polar surface area (TPSA) is 98.6 Å². The van der Waals surface area contributed by atoms with Crippen LogP contribution >= 0.6 is 11.8 Å². The molecular formula is C34H29N5O4S. The quantitative estimate of drug-likeness (QED) is 0.264. The summed E-state index contributed by atoms with van der Waals surface area (Å²) in [5, 5.41) is 7.82. The molecule has 0 saturated heterocycles. The smallest absolute Gasteiger partial charge is 0.240 e. The lowest BCUT2D eigenvalue weighted by Crippen LogP contribution is -2.42. The number of fused-ring (bicyclic) bond motifs is 2. The Morgan fingerprint density at radius 3 is 2.64 bits per heavy atom. The van der Waals surface area contributed by atoms with Crippen LogP contribution < -0.4 is 19.7 Å². The Bertz CT molecular complexity index is 1840. The number of anilines is 1. The first kappa shape index (κ1) is 27.7. The third kappa shape index (κ3) is 5.40. The first-order chi connectivity index (χ1) is 21.5. The fourth-order valence-corrected chi connectivity index (χ4v) is 6.69. The predicted octanol–water partition coefficient (Wildman–Crippen LogP) is 5.46. The van der Waals surface area contributed by atoms with E-state index in [0.29, 0.717) is 17.3 Å². The maximum atomic E-state index is 14.0. The van der Waals surface area contributed by atoms with Crippen molar-refractivity contribution in [2.45, 2.75) is 18.7 Å². The van der Waals surface area contributed by atoms with Crippen LogP contribution in [0.25, 0.3) is 16.9 Å². The van der Waals surface area contributed by atoms with Crippen molar-refractivity contribution < 1.29 is 19.1 Å². The fraction of sp³-hybridized carbons (Fsp3) is 0.176. The van der Waals surface area contributed by atoms with Crippen molar-refractivity contribution in [3.8, 4) is 28.4 Å². The van der Waals surface area contributed by atoms with E-state index in [-0.39, 0.29) is 42.7 Å². The van der Waals surface area contributed by atoms with E-state index in [4.69, 9.17) is 14.6 Å². The summed E-state index contributed by atoms with van der Waals surface area (Å²) in [5.74, 6) is 1.62. The summed E-state index contributed by atoms with van der Waals surface area (Å²) in [6.45, 7) is 2.28. The summed E-state index contributed by atoms with van der Waals surface area (Å²) in [6.07, 6.45) is 1.69. The number of thioether (sulfide) groups is 1. The Hall–Kier alpha value is -5.09. The number of carbonyl (C=O) groups is 2. The van der Waals surface area contributed by atoms with E-state index in [1.165, 1.54) is 11.8 Å². The van der Waals surface area contributed by atoms with Gasteiger partial charge >= 0.3 is 0 Å². The predicted molar refractivity (Wildman–Crippen MR) is 169 cm³/mol. The molecule has 5 aromatic rings. The van der Waals surface area contributed by atoms with Crippen molar-refractivity contribution in [2.24, 2.45) is 0 Å². The Morgan fingerprint density at radius 2 is 1.82 bits per heavy atom. The molecule has 1 N–H and O–H groups in total. The molecule has 4 heterocycles. The monoisotopic (exact) mass is 603 g/mol. The number of ether oxygens (including phenoxy) is 2. The Balaban J connectivity index is 1.39. The average molecular weight is 604 g/mol. The lowest BCUT2D eigenvalue weighted by atomic mass is 9.99. The van der Waals surface area contributed by atoms with Gasteiger partial charge in [0.05, 0.1) is 34.6 Å². The van der Waals surface area contributed by atoms with Crippen molar-refractivity contribution >= 4 is 29.4 Å². The molecule has 2 aliphatic rings. The lowest BCUT2D eigenvalue weighted by Gasteiger charge is -2.23. The molecule has 0 fully saturated rings. The number of amides is 2. The van der Waals surface area contributed by atoms with Crippen molar-refractivity contribution in [1.82, 2.24) is 20.1 Å². The van der Waals surface area contributed by atoms with E-state index in [2.05, 4.69) is 10.3 Å². The van der Waals surface area contributed by atoms with Gasteiger partial charge in [0.2, 0.25) is 18.6 Å². The highest BCUT2D eigenvalue weighted by atomic mass is 32.2. The third-order valence-electron chi connectivity index (χ3n) is 7.58. The SMILES string of the molecule is Cc1cccc(-n2nc(-c3ccccc3)c3c2N(CC(=O)NCc2ccccn2)C(=O)CS[C@@H]3c2ccc3c(c2)OCO3)c1. The van der Waals surface area contributed by atoms with Gasteiger partial charge in [-0.05, 0) is 54.4 Å².